The first kappa shape index (κ1) is 26.7. The number of esters is 1. The average molecular weight is 471 g/mol. The van der Waals surface area contributed by atoms with Gasteiger partial charge in [-0.05, 0) is 50.6 Å². The van der Waals surface area contributed by atoms with Crippen molar-refractivity contribution in [2.45, 2.75) is 25.2 Å². The van der Waals surface area contributed by atoms with E-state index in [1.807, 2.05) is 24.3 Å². The molecule has 0 amide bonds. The first-order chi connectivity index (χ1) is 14.5. The molecule has 1 atom stereocenters. The molecule has 0 saturated heterocycles. The van der Waals surface area contributed by atoms with E-state index in [1.54, 1.807) is 26.4 Å². The zero-order valence-electron chi connectivity index (χ0n) is 18.5. The number of carbonyl (C=O) groups excluding carboxylic acids is 2. The molecule has 2 aromatic carbocycles. The van der Waals surface area contributed by atoms with Crippen LogP contribution in [0.4, 0.5) is 0 Å². The van der Waals surface area contributed by atoms with Gasteiger partial charge in [-0.1, -0.05) is 6.07 Å². The Morgan fingerprint density at radius 3 is 2.55 bits per heavy atom. The molecule has 0 bridgehead atoms. The number of hydrogen-bond acceptors (Lipinski definition) is 6. The first-order valence-corrected chi connectivity index (χ1v) is 9.96. The second-order valence-electron chi connectivity index (χ2n) is 7.16. The Hall–Kier alpha value is -2.35. The number of aldehydes is 1. The fraction of sp³-hybridized carbons (Fsp3) is 0.417. The van der Waals surface area contributed by atoms with Gasteiger partial charge in [0, 0.05) is 29.1 Å². The van der Waals surface area contributed by atoms with Gasteiger partial charge < -0.3 is 19.1 Å². The van der Waals surface area contributed by atoms with Gasteiger partial charge in [0.25, 0.3) is 0 Å². The molecule has 2 rings (SSSR count). The number of benzene rings is 2. The summed E-state index contributed by atoms with van der Waals surface area (Å²) in [6.07, 6.45) is 3.18. The number of carbonyl (C=O) groups is 2. The molecule has 0 fully saturated rings. The molecule has 6 nitrogen and oxygen atoms in total. The average Bonchev–Trinajstić information content (AvgIpc) is 2.79. The van der Waals surface area contributed by atoms with Crippen LogP contribution in [0.25, 0.3) is 0 Å². The normalized spacial score (nSPS) is 11.4. The molecule has 0 N–H and O–H groups in total. The molecule has 0 aromatic heterocycles. The molecule has 0 spiro atoms. The van der Waals surface area contributed by atoms with Crippen molar-refractivity contribution in [3.63, 3.8) is 0 Å². The van der Waals surface area contributed by atoms with Crippen LogP contribution in [0.2, 0.25) is 0 Å². The molecular weight excluding hydrogens is 441 g/mol. The second kappa shape index (κ2) is 13.9. The molecule has 0 aliphatic heterocycles. The third kappa shape index (κ3) is 8.01. The molecule has 0 heterocycles. The van der Waals surface area contributed by atoms with E-state index in [2.05, 4.69) is 18.0 Å². The molecule has 0 saturated carbocycles. The van der Waals surface area contributed by atoms with Crippen molar-refractivity contribution in [1.29, 1.82) is 0 Å². The van der Waals surface area contributed by atoms with Gasteiger partial charge in [0.15, 0.2) is 6.29 Å². The van der Waals surface area contributed by atoms with Gasteiger partial charge >= 0.3 is 5.97 Å². The number of nitrogens with zero attached hydrogens (tertiary/aromatic N) is 1. The van der Waals surface area contributed by atoms with Crippen LogP contribution in [-0.4, -0.2) is 58.6 Å². The Labute approximate surface area is 195 Å². The maximum Gasteiger partial charge on any atom is 0.311 e. The smallest absolute Gasteiger partial charge is 0.311 e. The Kier molecular flexibility index (Phi) is 11.9. The predicted octanol–water partition coefficient (Wildman–Crippen LogP) is 3.53. The summed E-state index contributed by atoms with van der Waals surface area (Å²) in [6, 6.07) is 14.1. The van der Waals surface area contributed by atoms with Gasteiger partial charge in [-0.2, -0.15) is 12.1 Å². The summed E-state index contributed by atoms with van der Waals surface area (Å²) in [4.78, 5) is 25.5. The van der Waals surface area contributed by atoms with Crippen molar-refractivity contribution >= 4 is 12.3 Å². The summed E-state index contributed by atoms with van der Waals surface area (Å²) in [5, 5.41) is 0. The molecule has 2 aromatic rings. The topological polar surface area (TPSA) is 65.1 Å². The van der Waals surface area contributed by atoms with Crippen molar-refractivity contribution in [2.75, 3.05) is 41.5 Å². The van der Waals surface area contributed by atoms with Gasteiger partial charge in [0.05, 0.1) is 32.8 Å². The van der Waals surface area contributed by atoms with Crippen LogP contribution in [0.15, 0.2) is 36.4 Å². The van der Waals surface area contributed by atoms with Crippen LogP contribution < -0.4 is 9.47 Å². The molecular formula is C24H30CoNO5-. The number of likely N-dealkylation sites (N-methyl/N-ethyl adjacent to an activating group) is 1. The Balaban J connectivity index is 0.00000480. The zero-order chi connectivity index (χ0) is 21.9. The standard InChI is InChI=1S/C24H30NO5.Co/c1-25(14-12-18-10-11-20(17-26)23(15-18)29-3)13-6-9-22(24(27)30-4)19-7-5-8-21(16-19)28-2;/h5,7,10-11,15-17,22H,6,9,12-14H2,1-4H3;/q-1;. The minimum atomic E-state index is -0.327. The molecule has 31 heavy (non-hydrogen) atoms. The summed E-state index contributed by atoms with van der Waals surface area (Å²) < 4.78 is 15.5. The van der Waals surface area contributed by atoms with E-state index in [-0.39, 0.29) is 28.7 Å². The van der Waals surface area contributed by atoms with Gasteiger partial charge in [0.2, 0.25) is 0 Å². The second-order valence-corrected chi connectivity index (χ2v) is 7.16. The van der Waals surface area contributed by atoms with E-state index in [4.69, 9.17) is 14.2 Å². The molecule has 1 unspecified atom stereocenters. The molecule has 1 radical (unpaired) electrons. The van der Waals surface area contributed by atoms with E-state index in [0.717, 1.165) is 43.3 Å². The predicted molar refractivity (Wildman–Crippen MR) is 115 cm³/mol. The Bertz CT molecular complexity index is 842. The van der Waals surface area contributed by atoms with Gasteiger partial charge in [-0.15, -0.1) is 17.7 Å². The van der Waals surface area contributed by atoms with Crippen molar-refractivity contribution in [2.24, 2.45) is 0 Å². The summed E-state index contributed by atoms with van der Waals surface area (Å²) >= 11 is 0. The van der Waals surface area contributed by atoms with Crippen LogP contribution in [0.3, 0.4) is 0 Å². The summed E-state index contributed by atoms with van der Waals surface area (Å²) in [5.74, 6) is 0.636. The van der Waals surface area contributed by atoms with Crippen LogP contribution >= 0.6 is 0 Å². The summed E-state index contributed by atoms with van der Waals surface area (Å²) in [6.45, 7) is 1.72. The van der Waals surface area contributed by atoms with Gasteiger partial charge in [-0.25, -0.2) is 0 Å². The maximum absolute atomic E-state index is 12.3. The molecule has 0 aliphatic rings. The third-order valence-corrected chi connectivity index (χ3v) is 5.15. The summed E-state index contributed by atoms with van der Waals surface area (Å²) in [5.41, 5.74) is 2.55. The minimum absolute atomic E-state index is 0. The van der Waals surface area contributed by atoms with Gasteiger partial charge in [-0.3, -0.25) is 9.59 Å². The fourth-order valence-electron chi connectivity index (χ4n) is 3.36. The van der Waals surface area contributed by atoms with Crippen molar-refractivity contribution in [3.05, 3.63) is 59.2 Å². The van der Waals surface area contributed by atoms with E-state index < -0.39 is 0 Å². The SMILES string of the molecule is COC(=O)C(CCCN(C)CCc1ccc(C=O)c(OC)c1)c1cc[c-]c(OC)c1.[Co]. The Morgan fingerprint density at radius 2 is 1.90 bits per heavy atom. The monoisotopic (exact) mass is 471 g/mol. The van der Waals surface area contributed by atoms with Crippen molar-refractivity contribution in [3.8, 4) is 11.5 Å². The van der Waals surface area contributed by atoms with Crippen LogP contribution in [-0.2, 0) is 32.7 Å². The number of methoxy groups -OCH3 is 3. The zero-order valence-corrected chi connectivity index (χ0v) is 19.5. The maximum atomic E-state index is 12.3. The molecule has 171 valence electrons. The van der Waals surface area contributed by atoms with Crippen LogP contribution in [0, 0.1) is 6.07 Å². The fourth-order valence-corrected chi connectivity index (χ4v) is 3.36. The number of hydrogen-bond donors (Lipinski definition) is 0. The van der Waals surface area contributed by atoms with Crippen LogP contribution in [0.5, 0.6) is 11.5 Å². The quantitative estimate of drug-likeness (QED) is 0.268. The van der Waals surface area contributed by atoms with E-state index in [9.17, 15) is 9.59 Å². The van der Waals surface area contributed by atoms with Crippen LogP contribution in [0.1, 0.15) is 40.2 Å². The largest absolute Gasteiger partial charge is 0.523 e. The van der Waals surface area contributed by atoms with Gasteiger partial charge in [0.1, 0.15) is 5.75 Å². The molecule has 0 aliphatic carbocycles. The van der Waals surface area contributed by atoms with E-state index in [0.29, 0.717) is 23.5 Å². The van der Waals surface area contributed by atoms with E-state index >= 15 is 0 Å². The van der Waals surface area contributed by atoms with E-state index in [1.165, 1.54) is 7.11 Å². The van der Waals surface area contributed by atoms with Crippen molar-refractivity contribution in [1.82, 2.24) is 4.90 Å². The Morgan fingerprint density at radius 1 is 1.13 bits per heavy atom. The first-order valence-electron chi connectivity index (χ1n) is 9.96. The third-order valence-electron chi connectivity index (χ3n) is 5.15. The number of ether oxygens (including phenoxy) is 3. The number of rotatable bonds is 12. The van der Waals surface area contributed by atoms with Crippen molar-refractivity contribution < 1.29 is 40.6 Å². The minimum Gasteiger partial charge on any atom is -0.523 e. The summed E-state index contributed by atoms with van der Waals surface area (Å²) in [7, 11) is 6.62. The molecule has 7 heteroatoms.